The summed E-state index contributed by atoms with van der Waals surface area (Å²) in [6.45, 7) is 2.68. The minimum atomic E-state index is -0.975. The molecule has 14 heavy (non-hydrogen) atoms. The zero-order chi connectivity index (χ0) is 10.7. The number of methoxy groups -OCH3 is 1. The van der Waals surface area contributed by atoms with E-state index in [1.165, 1.54) is 7.11 Å². The molecule has 0 spiro atoms. The van der Waals surface area contributed by atoms with Gasteiger partial charge in [0.05, 0.1) is 13.6 Å². The van der Waals surface area contributed by atoms with Crippen LogP contribution in [0.3, 0.4) is 0 Å². The van der Waals surface area contributed by atoms with E-state index in [0.29, 0.717) is 5.82 Å². The third-order valence-electron chi connectivity index (χ3n) is 2.16. The molecule has 0 aromatic carbocycles. The first kappa shape index (κ1) is 10.7. The molecular weight excluding hydrogens is 184 g/mol. The molecule has 1 N–H and O–H groups in total. The number of nitrogens with zero attached hydrogens (tertiary/aromatic N) is 2. The maximum Gasteiger partial charge on any atom is 0.345 e. The van der Waals surface area contributed by atoms with E-state index in [-0.39, 0.29) is 0 Å². The lowest BCUT2D eigenvalue weighted by Gasteiger charge is -2.08. The Labute approximate surface area is 82.5 Å². The van der Waals surface area contributed by atoms with Gasteiger partial charge in [-0.15, -0.1) is 0 Å². The first-order chi connectivity index (χ1) is 6.61. The molecule has 1 rings (SSSR count). The summed E-state index contributed by atoms with van der Waals surface area (Å²) in [4.78, 5) is 10.9. The highest BCUT2D eigenvalue weighted by Gasteiger charge is 2.31. The quantitative estimate of drug-likeness (QED) is 0.700. The molecule has 1 aromatic heterocycles. The van der Waals surface area contributed by atoms with E-state index >= 15 is 0 Å². The Kier molecular flexibility index (Phi) is 3.24. The van der Waals surface area contributed by atoms with Gasteiger partial charge < -0.3 is 9.84 Å². The maximum absolute atomic E-state index is 10.9. The Balaban J connectivity index is 3.13. The van der Waals surface area contributed by atoms with Gasteiger partial charge in [0.2, 0.25) is 0 Å². The summed E-state index contributed by atoms with van der Waals surface area (Å²) >= 11 is 0. The monoisotopic (exact) mass is 199 g/mol. The van der Waals surface area contributed by atoms with E-state index in [0.717, 1.165) is 6.54 Å². The number of imidazole rings is 1. The average Bonchev–Trinajstić information content (AvgIpc) is 2.49. The van der Waals surface area contributed by atoms with Crippen LogP contribution in [-0.2, 0) is 23.1 Å². The van der Waals surface area contributed by atoms with Crippen LogP contribution in [0, 0.1) is 0 Å². The lowest BCUT2D eigenvalue weighted by molar-refractivity contribution is -0.681. The highest BCUT2D eigenvalue weighted by molar-refractivity contribution is 5.72. The average molecular weight is 199 g/mol. The summed E-state index contributed by atoms with van der Waals surface area (Å²) in [7, 11) is 3.20. The fourth-order valence-corrected chi connectivity index (χ4v) is 1.46. The topological polar surface area (TPSA) is 55.3 Å². The summed E-state index contributed by atoms with van der Waals surface area (Å²) in [5.74, 6) is -0.334. The summed E-state index contributed by atoms with van der Waals surface area (Å²) < 4.78 is 8.54. The van der Waals surface area contributed by atoms with E-state index in [2.05, 4.69) is 0 Å². The third kappa shape index (κ3) is 1.77. The zero-order valence-electron chi connectivity index (χ0n) is 8.60. The van der Waals surface area contributed by atoms with Crippen molar-refractivity contribution in [2.24, 2.45) is 7.05 Å². The van der Waals surface area contributed by atoms with Crippen LogP contribution in [0.1, 0.15) is 18.9 Å². The van der Waals surface area contributed by atoms with Crippen LogP contribution in [0.5, 0.6) is 0 Å². The third-order valence-corrected chi connectivity index (χ3v) is 2.16. The van der Waals surface area contributed by atoms with Crippen LogP contribution in [0.2, 0.25) is 0 Å². The van der Waals surface area contributed by atoms with Crippen molar-refractivity contribution in [1.82, 2.24) is 4.57 Å². The summed E-state index contributed by atoms with van der Waals surface area (Å²) in [5, 5.41) is 8.94. The molecule has 0 aliphatic heterocycles. The first-order valence-corrected chi connectivity index (χ1v) is 4.42. The van der Waals surface area contributed by atoms with Crippen molar-refractivity contribution in [2.75, 3.05) is 7.11 Å². The number of aliphatic carboxylic acids is 1. The molecule has 0 saturated heterocycles. The molecule has 1 heterocycles. The first-order valence-electron chi connectivity index (χ1n) is 4.42. The fraction of sp³-hybridized carbons (Fsp3) is 0.556. The Morgan fingerprint density at radius 2 is 2.43 bits per heavy atom. The molecule has 0 aliphatic rings. The van der Waals surface area contributed by atoms with E-state index in [1.54, 1.807) is 11.6 Å². The zero-order valence-corrected chi connectivity index (χ0v) is 8.60. The number of carbonyl (C=O) groups is 1. The van der Waals surface area contributed by atoms with Crippen molar-refractivity contribution < 1.29 is 19.2 Å². The van der Waals surface area contributed by atoms with Crippen LogP contribution in [-0.4, -0.2) is 22.8 Å². The van der Waals surface area contributed by atoms with Crippen molar-refractivity contribution in [3.8, 4) is 0 Å². The Morgan fingerprint density at radius 1 is 1.79 bits per heavy atom. The molecule has 5 heteroatoms. The van der Waals surface area contributed by atoms with E-state index in [9.17, 15) is 4.79 Å². The largest absolute Gasteiger partial charge is 0.479 e. The molecule has 1 atom stereocenters. The second kappa shape index (κ2) is 4.23. The lowest BCUT2D eigenvalue weighted by atomic mass is 10.3. The van der Waals surface area contributed by atoms with Crippen LogP contribution < -0.4 is 4.57 Å². The number of aryl methyl sites for hydroxylation is 2. The highest BCUT2D eigenvalue weighted by atomic mass is 16.5. The Morgan fingerprint density at radius 3 is 2.86 bits per heavy atom. The fourth-order valence-electron chi connectivity index (χ4n) is 1.46. The number of rotatable bonds is 4. The standard InChI is InChI=1S/C9H14N2O3/c1-4-11-6-5-10(2)8(11)7(14-3)9(12)13/h5-7H,4H2,1-3H3/p+1. The summed E-state index contributed by atoms with van der Waals surface area (Å²) in [5.41, 5.74) is 0. The van der Waals surface area contributed by atoms with Gasteiger partial charge in [0.25, 0.3) is 11.9 Å². The lowest BCUT2D eigenvalue weighted by Crippen LogP contribution is -2.37. The molecular formula is C9H15N2O3+. The molecule has 1 aromatic rings. The van der Waals surface area contributed by atoms with Gasteiger partial charge >= 0.3 is 5.97 Å². The summed E-state index contributed by atoms with van der Waals surface area (Å²) in [6.07, 6.45) is 2.74. The smallest absolute Gasteiger partial charge is 0.345 e. The van der Waals surface area contributed by atoms with Crippen molar-refractivity contribution in [3.05, 3.63) is 18.2 Å². The van der Waals surface area contributed by atoms with Gasteiger partial charge in [-0.1, -0.05) is 0 Å². The minimum Gasteiger partial charge on any atom is -0.479 e. The molecule has 5 nitrogen and oxygen atoms in total. The molecule has 0 radical (unpaired) electrons. The van der Waals surface area contributed by atoms with Crippen LogP contribution in [0.25, 0.3) is 0 Å². The van der Waals surface area contributed by atoms with Crippen LogP contribution in [0.15, 0.2) is 12.4 Å². The molecule has 0 bridgehead atoms. The number of hydrogen-bond donors (Lipinski definition) is 1. The van der Waals surface area contributed by atoms with Gasteiger partial charge in [-0.2, -0.15) is 0 Å². The molecule has 1 unspecified atom stereocenters. The normalized spacial score (nSPS) is 12.8. The van der Waals surface area contributed by atoms with Gasteiger partial charge in [0, 0.05) is 7.11 Å². The second-order valence-corrected chi connectivity index (χ2v) is 3.01. The van der Waals surface area contributed by atoms with Crippen molar-refractivity contribution in [3.63, 3.8) is 0 Å². The van der Waals surface area contributed by atoms with Gasteiger partial charge in [-0.05, 0) is 6.92 Å². The number of ether oxygens (including phenoxy) is 1. The number of carboxylic acid groups (broad SMARTS) is 1. The van der Waals surface area contributed by atoms with Crippen molar-refractivity contribution >= 4 is 5.97 Å². The Hall–Kier alpha value is -1.36. The van der Waals surface area contributed by atoms with Crippen LogP contribution in [0.4, 0.5) is 0 Å². The number of carboxylic acids is 1. The second-order valence-electron chi connectivity index (χ2n) is 3.01. The number of aromatic nitrogens is 2. The molecule has 0 fully saturated rings. The van der Waals surface area contributed by atoms with E-state index < -0.39 is 12.1 Å². The minimum absolute atomic E-state index is 0.641. The van der Waals surface area contributed by atoms with Gasteiger partial charge in [0.1, 0.15) is 12.4 Å². The van der Waals surface area contributed by atoms with Crippen molar-refractivity contribution in [1.29, 1.82) is 0 Å². The molecule has 0 saturated carbocycles. The Bertz CT molecular complexity index is 333. The molecule has 78 valence electrons. The highest BCUT2D eigenvalue weighted by Crippen LogP contribution is 2.12. The predicted octanol–water partition coefficient (Wildman–Crippen LogP) is 0.105. The summed E-state index contributed by atoms with van der Waals surface area (Å²) in [6, 6.07) is 0. The van der Waals surface area contributed by atoms with Crippen LogP contribution >= 0.6 is 0 Å². The molecule has 0 amide bonds. The predicted molar refractivity (Wildman–Crippen MR) is 48.7 cm³/mol. The number of hydrogen-bond acceptors (Lipinski definition) is 2. The SMILES string of the molecule is CCn1cc[n+](C)c1C(OC)C(=O)O. The van der Waals surface area contributed by atoms with Crippen molar-refractivity contribution in [2.45, 2.75) is 19.6 Å². The van der Waals surface area contributed by atoms with E-state index in [4.69, 9.17) is 9.84 Å². The van der Waals surface area contributed by atoms with E-state index in [1.807, 2.05) is 23.9 Å². The molecule has 0 aliphatic carbocycles. The van der Waals surface area contributed by atoms with Gasteiger partial charge in [-0.25, -0.2) is 13.9 Å². The van der Waals surface area contributed by atoms with Gasteiger partial charge in [0.15, 0.2) is 0 Å². The van der Waals surface area contributed by atoms with Gasteiger partial charge in [-0.3, -0.25) is 0 Å². The maximum atomic E-state index is 10.9.